The van der Waals surface area contributed by atoms with Gasteiger partial charge < -0.3 is 30.1 Å². The van der Waals surface area contributed by atoms with Crippen LogP contribution in [-0.2, 0) is 23.9 Å². The zero-order chi connectivity index (χ0) is 27.6. The molecule has 0 radical (unpaired) electrons. The third-order valence-electron chi connectivity index (χ3n) is 5.14. The molecule has 3 N–H and O–H groups in total. The van der Waals surface area contributed by atoms with Gasteiger partial charge in [0.15, 0.2) is 0 Å². The number of hydrogen-bond acceptors (Lipinski definition) is 8. The highest BCUT2D eigenvalue weighted by molar-refractivity contribution is 7.98. The number of phenols is 1. The summed E-state index contributed by atoms with van der Waals surface area (Å²) in [7, 11) is 1.20. The minimum Gasteiger partial charge on any atom is -0.507 e. The summed E-state index contributed by atoms with van der Waals surface area (Å²) in [5.41, 5.74) is -0.0565. The van der Waals surface area contributed by atoms with Gasteiger partial charge in [0.2, 0.25) is 11.8 Å². The first-order chi connectivity index (χ1) is 16.7. The Kier molecular flexibility index (Phi) is 12.1. The molecule has 0 heterocycles. The van der Waals surface area contributed by atoms with Crippen molar-refractivity contribution in [2.45, 2.75) is 71.7 Å². The topological polar surface area (TPSA) is 134 Å². The second-order valence-corrected chi connectivity index (χ2v) is 10.5. The number of carbonyl (C=O) groups is 4. The maximum Gasteiger partial charge on any atom is 0.408 e. The molecule has 0 saturated carbocycles. The Balaban J connectivity index is 3.50. The van der Waals surface area contributed by atoms with E-state index in [1.54, 1.807) is 59.7 Å². The smallest absolute Gasteiger partial charge is 0.408 e. The number of methoxy groups -OCH3 is 1. The van der Waals surface area contributed by atoms with E-state index < -0.39 is 54.1 Å². The molecule has 0 aliphatic heterocycles. The molecule has 0 aliphatic carbocycles. The zero-order valence-corrected chi connectivity index (χ0v) is 23.2. The van der Waals surface area contributed by atoms with Crippen molar-refractivity contribution in [2.75, 3.05) is 25.7 Å². The summed E-state index contributed by atoms with van der Waals surface area (Å²) in [5.74, 6) is -1.45. The van der Waals surface area contributed by atoms with Crippen LogP contribution in [0.2, 0.25) is 0 Å². The average Bonchev–Trinajstić information content (AvgIpc) is 2.78. The van der Waals surface area contributed by atoms with Gasteiger partial charge in [-0.15, -0.1) is 0 Å². The Morgan fingerprint density at radius 2 is 1.81 bits per heavy atom. The number of amides is 3. The van der Waals surface area contributed by atoms with Gasteiger partial charge >= 0.3 is 12.1 Å². The van der Waals surface area contributed by atoms with Crippen LogP contribution in [0, 0.1) is 6.92 Å². The Hall–Kier alpha value is -2.95. The second-order valence-electron chi connectivity index (χ2n) is 9.53. The fraction of sp³-hybridized carbons (Fsp3) is 0.600. The first kappa shape index (κ1) is 31.1. The molecule has 10 nitrogen and oxygen atoms in total. The molecule has 0 aliphatic rings. The van der Waals surface area contributed by atoms with E-state index in [0.29, 0.717) is 17.7 Å². The number of phenolic OH excluding ortho intramolecular Hbond substituents is 1. The van der Waals surface area contributed by atoms with Crippen LogP contribution in [0.1, 0.15) is 58.2 Å². The lowest BCUT2D eigenvalue weighted by atomic mass is 9.97. The standard InChI is InChI=1S/C25H39N3O7S/c1-15(2)28(23(32)18(12-13-36-8)27-24(33)35-25(4,5)6)20(22(31)26-14-19(29)34-7)17-11-9-10-16(3)21(17)30/h9-11,15,18,20,30H,12-14H2,1-8H3,(H,26,31)(H,27,33). The van der Waals surface area contributed by atoms with E-state index in [0.717, 1.165) is 0 Å². The number of thioether (sulfide) groups is 1. The molecule has 0 spiro atoms. The largest absolute Gasteiger partial charge is 0.507 e. The van der Waals surface area contributed by atoms with Crippen molar-refractivity contribution >= 4 is 35.6 Å². The molecule has 1 aromatic rings. The SMILES string of the molecule is COC(=O)CNC(=O)C(c1cccc(C)c1O)N(C(=O)C(CCSC)NC(=O)OC(C)(C)C)C(C)C. The lowest BCUT2D eigenvalue weighted by Gasteiger charge is -2.37. The van der Waals surface area contributed by atoms with Crippen LogP contribution in [0.5, 0.6) is 5.75 Å². The van der Waals surface area contributed by atoms with Crippen molar-refractivity contribution in [3.8, 4) is 5.75 Å². The maximum atomic E-state index is 13.9. The van der Waals surface area contributed by atoms with E-state index in [4.69, 9.17) is 4.74 Å². The molecule has 36 heavy (non-hydrogen) atoms. The van der Waals surface area contributed by atoms with Gasteiger partial charge in [0.1, 0.15) is 30.0 Å². The number of aromatic hydroxyl groups is 1. The predicted octanol–water partition coefficient (Wildman–Crippen LogP) is 2.91. The summed E-state index contributed by atoms with van der Waals surface area (Å²) in [4.78, 5) is 52.8. The Morgan fingerprint density at radius 3 is 2.33 bits per heavy atom. The Labute approximate surface area is 217 Å². The van der Waals surface area contributed by atoms with Crippen molar-refractivity contribution in [1.82, 2.24) is 15.5 Å². The number of hydrogen-bond donors (Lipinski definition) is 3. The lowest BCUT2D eigenvalue weighted by Crippen LogP contribution is -2.55. The van der Waals surface area contributed by atoms with Crippen molar-refractivity contribution in [1.29, 1.82) is 0 Å². The maximum absolute atomic E-state index is 13.9. The molecule has 0 aromatic heterocycles. The van der Waals surface area contributed by atoms with Gasteiger partial charge in [0.25, 0.3) is 0 Å². The highest BCUT2D eigenvalue weighted by atomic mass is 32.2. The van der Waals surface area contributed by atoms with Gasteiger partial charge in [-0.1, -0.05) is 18.2 Å². The molecule has 2 unspecified atom stereocenters. The summed E-state index contributed by atoms with van der Waals surface area (Å²) < 4.78 is 9.95. The first-order valence-electron chi connectivity index (χ1n) is 11.7. The zero-order valence-electron chi connectivity index (χ0n) is 22.3. The van der Waals surface area contributed by atoms with Gasteiger partial charge in [0.05, 0.1) is 7.11 Å². The summed E-state index contributed by atoms with van der Waals surface area (Å²) in [6.07, 6.45) is 1.41. The fourth-order valence-electron chi connectivity index (χ4n) is 3.45. The summed E-state index contributed by atoms with van der Waals surface area (Å²) in [5, 5.41) is 15.9. The monoisotopic (exact) mass is 525 g/mol. The van der Waals surface area contributed by atoms with Crippen LogP contribution < -0.4 is 10.6 Å². The van der Waals surface area contributed by atoms with Crippen LogP contribution in [0.3, 0.4) is 0 Å². The number of benzene rings is 1. The second kappa shape index (κ2) is 14.0. The molecular formula is C25H39N3O7S. The molecule has 2 atom stereocenters. The quantitative estimate of drug-likeness (QED) is 0.376. The van der Waals surface area contributed by atoms with E-state index in [-0.39, 0.29) is 11.3 Å². The average molecular weight is 526 g/mol. The number of para-hydroxylation sites is 1. The van der Waals surface area contributed by atoms with Crippen LogP contribution in [0.25, 0.3) is 0 Å². The third kappa shape index (κ3) is 9.25. The predicted molar refractivity (Wildman–Crippen MR) is 139 cm³/mol. The van der Waals surface area contributed by atoms with Crippen LogP contribution >= 0.6 is 11.8 Å². The van der Waals surface area contributed by atoms with Crippen molar-refractivity contribution in [3.05, 3.63) is 29.3 Å². The van der Waals surface area contributed by atoms with Gasteiger partial charge in [-0.2, -0.15) is 11.8 Å². The number of esters is 1. The van der Waals surface area contributed by atoms with Crippen LogP contribution in [0.15, 0.2) is 18.2 Å². The number of nitrogens with zero attached hydrogens (tertiary/aromatic N) is 1. The molecule has 1 rings (SSSR count). The number of carbonyl (C=O) groups excluding carboxylic acids is 4. The minimum absolute atomic E-state index is 0.144. The third-order valence-corrected chi connectivity index (χ3v) is 5.78. The first-order valence-corrected chi connectivity index (χ1v) is 13.1. The number of rotatable bonds is 11. The summed E-state index contributed by atoms with van der Waals surface area (Å²) in [6.45, 7) is 9.87. The molecule has 0 fully saturated rings. The minimum atomic E-state index is -1.28. The fourth-order valence-corrected chi connectivity index (χ4v) is 3.92. The molecule has 11 heteroatoms. The van der Waals surface area contributed by atoms with E-state index in [2.05, 4.69) is 15.4 Å². The highest BCUT2D eigenvalue weighted by Gasteiger charge is 2.39. The number of nitrogens with one attached hydrogen (secondary N) is 2. The van der Waals surface area contributed by atoms with Crippen molar-refractivity contribution < 1.29 is 33.8 Å². The summed E-state index contributed by atoms with van der Waals surface area (Å²) in [6, 6.07) is 2.11. The van der Waals surface area contributed by atoms with E-state index in [1.165, 1.54) is 23.8 Å². The normalized spacial score (nSPS) is 12.9. The number of ether oxygens (including phenoxy) is 2. The van der Waals surface area contributed by atoms with E-state index >= 15 is 0 Å². The number of aryl methyl sites for hydroxylation is 1. The molecule has 1 aromatic carbocycles. The Bertz CT molecular complexity index is 931. The van der Waals surface area contributed by atoms with E-state index in [1.807, 2.05) is 6.26 Å². The van der Waals surface area contributed by atoms with Gasteiger partial charge in [0, 0.05) is 11.6 Å². The molecule has 0 bridgehead atoms. The van der Waals surface area contributed by atoms with Crippen LogP contribution in [0.4, 0.5) is 4.79 Å². The molecule has 202 valence electrons. The molecule has 3 amide bonds. The highest BCUT2D eigenvalue weighted by Crippen LogP contribution is 2.33. The van der Waals surface area contributed by atoms with E-state index in [9.17, 15) is 24.3 Å². The van der Waals surface area contributed by atoms with Crippen molar-refractivity contribution in [2.24, 2.45) is 0 Å². The number of alkyl carbamates (subject to hydrolysis) is 1. The lowest BCUT2D eigenvalue weighted by molar-refractivity contribution is -0.146. The van der Waals surface area contributed by atoms with Gasteiger partial charge in [-0.25, -0.2) is 4.79 Å². The summed E-state index contributed by atoms with van der Waals surface area (Å²) >= 11 is 1.50. The Morgan fingerprint density at radius 1 is 1.17 bits per heavy atom. The van der Waals surface area contributed by atoms with Crippen LogP contribution in [-0.4, -0.2) is 77.2 Å². The van der Waals surface area contributed by atoms with Crippen molar-refractivity contribution in [3.63, 3.8) is 0 Å². The van der Waals surface area contributed by atoms with Gasteiger partial charge in [-0.3, -0.25) is 14.4 Å². The van der Waals surface area contributed by atoms with Gasteiger partial charge in [-0.05, 0) is 65.5 Å². The molecular weight excluding hydrogens is 486 g/mol. The molecule has 0 saturated heterocycles.